The normalized spacial score (nSPS) is 10.1. The predicted molar refractivity (Wildman–Crippen MR) is 97.8 cm³/mol. The molecule has 0 saturated heterocycles. The van der Waals surface area contributed by atoms with Crippen LogP contribution in [0.25, 0.3) is 0 Å². The molecule has 2 aromatic rings. The van der Waals surface area contributed by atoms with Crippen molar-refractivity contribution in [1.29, 1.82) is 0 Å². The van der Waals surface area contributed by atoms with E-state index in [0.717, 1.165) is 11.1 Å². The highest BCUT2D eigenvalue weighted by atomic mass is 35.5. The zero-order chi connectivity index (χ0) is 18.9. The first-order valence-corrected chi connectivity index (χ1v) is 8.33. The number of amides is 2. The largest absolute Gasteiger partial charge is 0.454 e. The van der Waals surface area contributed by atoms with Crippen LogP contribution in [0.1, 0.15) is 21.5 Å². The van der Waals surface area contributed by atoms with Crippen LogP contribution in [0, 0.1) is 6.92 Å². The van der Waals surface area contributed by atoms with Crippen LogP contribution in [-0.2, 0) is 20.9 Å². The molecular formula is C19H19ClN2O4. The standard InChI is InChI=1S/C19H19ClN2O4/c1-13-2-6-15(7-3-13)19(25)22-11-18(24)26-12-17(23)21-10-14-4-8-16(20)9-5-14/h2-9H,10-12H2,1H3,(H,21,23)(H,22,25). The van der Waals surface area contributed by atoms with Gasteiger partial charge in [-0.1, -0.05) is 41.4 Å². The van der Waals surface area contributed by atoms with Gasteiger partial charge in [0.15, 0.2) is 6.61 Å². The van der Waals surface area contributed by atoms with Crippen molar-refractivity contribution in [2.45, 2.75) is 13.5 Å². The first kappa shape index (κ1) is 19.5. The van der Waals surface area contributed by atoms with Gasteiger partial charge in [-0.2, -0.15) is 0 Å². The average Bonchev–Trinajstić information content (AvgIpc) is 2.64. The molecular weight excluding hydrogens is 356 g/mol. The van der Waals surface area contributed by atoms with Gasteiger partial charge in [0.05, 0.1) is 0 Å². The van der Waals surface area contributed by atoms with Crippen LogP contribution in [0.2, 0.25) is 5.02 Å². The van der Waals surface area contributed by atoms with Gasteiger partial charge in [-0.3, -0.25) is 14.4 Å². The molecule has 0 aromatic heterocycles. The lowest BCUT2D eigenvalue weighted by Crippen LogP contribution is -2.33. The maximum atomic E-state index is 11.9. The second-order valence-electron chi connectivity index (χ2n) is 5.61. The first-order valence-electron chi connectivity index (χ1n) is 7.95. The minimum atomic E-state index is -0.688. The number of rotatable bonds is 7. The predicted octanol–water partition coefficient (Wildman–Crippen LogP) is 2.24. The zero-order valence-electron chi connectivity index (χ0n) is 14.3. The highest BCUT2D eigenvalue weighted by Gasteiger charge is 2.10. The van der Waals surface area contributed by atoms with E-state index >= 15 is 0 Å². The summed E-state index contributed by atoms with van der Waals surface area (Å²) < 4.78 is 4.83. The Labute approximate surface area is 156 Å². The van der Waals surface area contributed by atoms with Gasteiger partial charge in [-0.25, -0.2) is 0 Å². The Bertz CT molecular complexity index is 773. The number of esters is 1. The quantitative estimate of drug-likeness (QED) is 0.728. The molecule has 0 aliphatic carbocycles. The summed E-state index contributed by atoms with van der Waals surface area (Å²) in [5, 5.41) is 5.68. The number of carbonyl (C=O) groups is 3. The van der Waals surface area contributed by atoms with E-state index in [1.54, 1.807) is 48.5 Å². The number of aryl methyl sites for hydroxylation is 1. The van der Waals surface area contributed by atoms with Crippen LogP contribution in [0.3, 0.4) is 0 Å². The fraction of sp³-hybridized carbons (Fsp3) is 0.211. The number of nitrogens with one attached hydrogen (secondary N) is 2. The van der Waals surface area contributed by atoms with E-state index in [2.05, 4.69) is 10.6 Å². The number of halogens is 1. The van der Waals surface area contributed by atoms with Crippen LogP contribution in [0.15, 0.2) is 48.5 Å². The maximum absolute atomic E-state index is 11.9. The summed E-state index contributed by atoms with van der Waals surface area (Å²) in [6, 6.07) is 14.0. The van der Waals surface area contributed by atoms with Gasteiger partial charge in [-0.15, -0.1) is 0 Å². The third kappa shape index (κ3) is 6.57. The fourth-order valence-corrected chi connectivity index (χ4v) is 2.14. The van der Waals surface area contributed by atoms with E-state index in [1.807, 2.05) is 6.92 Å². The van der Waals surface area contributed by atoms with Gasteiger partial charge in [-0.05, 0) is 36.8 Å². The number of ether oxygens (including phenoxy) is 1. The molecule has 0 saturated carbocycles. The van der Waals surface area contributed by atoms with Gasteiger partial charge in [0.25, 0.3) is 11.8 Å². The second-order valence-corrected chi connectivity index (χ2v) is 6.05. The third-order valence-corrected chi connectivity index (χ3v) is 3.73. The minimum Gasteiger partial charge on any atom is -0.454 e. The SMILES string of the molecule is Cc1ccc(C(=O)NCC(=O)OCC(=O)NCc2ccc(Cl)cc2)cc1. The molecule has 0 aliphatic rings. The molecule has 0 radical (unpaired) electrons. The smallest absolute Gasteiger partial charge is 0.325 e. The van der Waals surface area contributed by atoms with Crippen molar-refractivity contribution in [2.75, 3.05) is 13.2 Å². The number of hydrogen-bond acceptors (Lipinski definition) is 4. The first-order chi connectivity index (χ1) is 12.4. The summed E-state index contributed by atoms with van der Waals surface area (Å²) in [6.07, 6.45) is 0. The highest BCUT2D eigenvalue weighted by molar-refractivity contribution is 6.30. The van der Waals surface area contributed by atoms with Gasteiger partial charge in [0, 0.05) is 17.1 Å². The molecule has 6 nitrogen and oxygen atoms in total. The van der Waals surface area contributed by atoms with Crippen LogP contribution in [0.4, 0.5) is 0 Å². The Kier molecular flexibility index (Phi) is 7.17. The van der Waals surface area contributed by atoms with Crippen LogP contribution < -0.4 is 10.6 Å². The van der Waals surface area contributed by atoms with E-state index < -0.39 is 18.5 Å². The van der Waals surface area contributed by atoms with Crippen molar-refractivity contribution in [3.8, 4) is 0 Å². The van der Waals surface area contributed by atoms with Gasteiger partial charge in [0.1, 0.15) is 6.54 Å². The molecule has 136 valence electrons. The summed E-state index contributed by atoms with van der Waals surface area (Å²) in [7, 11) is 0. The Morgan fingerprint density at radius 2 is 1.62 bits per heavy atom. The summed E-state index contributed by atoms with van der Waals surface area (Å²) >= 11 is 5.78. The minimum absolute atomic E-state index is 0.303. The van der Waals surface area contributed by atoms with E-state index in [1.165, 1.54) is 0 Å². The summed E-state index contributed by atoms with van der Waals surface area (Å²) in [4.78, 5) is 35.2. The summed E-state index contributed by atoms with van der Waals surface area (Å²) in [5.74, 6) is -1.50. The van der Waals surface area contributed by atoms with Crippen molar-refractivity contribution >= 4 is 29.4 Å². The average molecular weight is 375 g/mol. The lowest BCUT2D eigenvalue weighted by Gasteiger charge is -2.08. The van der Waals surface area contributed by atoms with Crippen molar-refractivity contribution in [1.82, 2.24) is 10.6 Å². The number of carbonyl (C=O) groups excluding carboxylic acids is 3. The zero-order valence-corrected chi connectivity index (χ0v) is 15.0. The topological polar surface area (TPSA) is 84.5 Å². The molecule has 0 aliphatic heterocycles. The van der Waals surface area contributed by atoms with Gasteiger partial charge in [0.2, 0.25) is 0 Å². The van der Waals surface area contributed by atoms with E-state index in [-0.39, 0.29) is 12.5 Å². The Morgan fingerprint density at radius 1 is 0.962 bits per heavy atom. The Hall–Kier alpha value is -2.86. The van der Waals surface area contributed by atoms with Crippen molar-refractivity contribution in [2.24, 2.45) is 0 Å². The summed E-state index contributed by atoms with van der Waals surface area (Å²) in [5.41, 5.74) is 2.36. The molecule has 2 rings (SSSR count). The molecule has 0 spiro atoms. The molecule has 0 bridgehead atoms. The molecule has 26 heavy (non-hydrogen) atoms. The van der Waals surface area contributed by atoms with E-state index in [0.29, 0.717) is 17.1 Å². The molecule has 0 heterocycles. The number of benzene rings is 2. The van der Waals surface area contributed by atoms with Crippen molar-refractivity contribution < 1.29 is 19.1 Å². The molecule has 2 amide bonds. The van der Waals surface area contributed by atoms with Gasteiger partial charge >= 0.3 is 5.97 Å². The van der Waals surface area contributed by atoms with Crippen molar-refractivity contribution in [3.63, 3.8) is 0 Å². The Morgan fingerprint density at radius 3 is 2.27 bits per heavy atom. The molecule has 2 aromatic carbocycles. The molecule has 0 atom stereocenters. The van der Waals surface area contributed by atoms with E-state index in [4.69, 9.17) is 16.3 Å². The highest BCUT2D eigenvalue weighted by Crippen LogP contribution is 2.09. The second kappa shape index (κ2) is 9.58. The van der Waals surface area contributed by atoms with E-state index in [9.17, 15) is 14.4 Å². The lowest BCUT2D eigenvalue weighted by molar-refractivity contribution is -0.147. The Balaban J connectivity index is 1.66. The fourth-order valence-electron chi connectivity index (χ4n) is 2.01. The third-order valence-electron chi connectivity index (χ3n) is 3.47. The summed E-state index contributed by atoms with van der Waals surface area (Å²) in [6.45, 7) is 1.50. The monoisotopic (exact) mass is 374 g/mol. The maximum Gasteiger partial charge on any atom is 0.325 e. The van der Waals surface area contributed by atoms with Gasteiger partial charge < -0.3 is 15.4 Å². The molecule has 0 fully saturated rings. The van der Waals surface area contributed by atoms with Crippen LogP contribution >= 0.6 is 11.6 Å². The molecule has 0 unspecified atom stereocenters. The molecule has 2 N–H and O–H groups in total. The lowest BCUT2D eigenvalue weighted by atomic mass is 10.1. The van der Waals surface area contributed by atoms with Crippen molar-refractivity contribution in [3.05, 3.63) is 70.2 Å². The number of hydrogen-bond donors (Lipinski definition) is 2. The van der Waals surface area contributed by atoms with Crippen LogP contribution in [-0.4, -0.2) is 30.9 Å². The van der Waals surface area contributed by atoms with Crippen LogP contribution in [0.5, 0.6) is 0 Å². The molecule has 7 heteroatoms.